The normalized spacial score (nSPS) is 10.7. The van der Waals surface area contributed by atoms with Gasteiger partial charge in [-0.15, -0.1) is 0 Å². The number of pyridine rings is 1. The number of nitrogen functional groups attached to an aromatic ring is 1. The Hall–Kier alpha value is -2.76. The van der Waals surface area contributed by atoms with Gasteiger partial charge < -0.3 is 10.3 Å². The summed E-state index contributed by atoms with van der Waals surface area (Å²) in [6, 6.07) is 6.67. The van der Waals surface area contributed by atoms with E-state index in [1.54, 1.807) is 24.5 Å². The summed E-state index contributed by atoms with van der Waals surface area (Å²) in [5.74, 6) is -1.14. The monoisotopic (exact) mass is 273 g/mol. The summed E-state index contributed by atoms with van der Waals surface area (Å²) in [5.41, 5.74) is 6.93. The Morgan fingerprint density at radius 3 is 2.70 bits per heavy atom. The van der Waals surface area contributed by atoms with Gasteiger partial charge in [-0.1, -0.05) is 11.2 Å². The van der Waals surface area contributed by atoms with Crippen LogP contribution in [0.4, 0.5) is 14.6 Å². The van der Waals surface area contributed by atoms with E-state index in [1.165, 1.54) is 6.07 Å². The van der Waals surface area contributed by atoms with Crippen LogP contribution in [0.3, 0.4) is 0 Å². The van der Waals surface area contributed by atoms with Crippen molar-refractivity contribution in [3.05, 3.63) is 54.4 Å². The van der Waals surface area contributed by atoms with Crippen molar-refractivity contribution in [3.8, 4) is 22.5 Å². The average Bonchev–Trinajstić information content (AvgIpc) is 2.81. The number of hydrogen-bond donors (Lipinski definition) is 1. The molecule has 0 saturated carbocycles. The fourth-order valence-corrected chi connectivity index (χ4v) is 1.95. The lowest BCUT2D eigenvalue weighted by Crippen LogP contribution is -1.91. The third-order valence-corrected chi connectivity index (χ3v) is 2.84. The van der Waals surface area contributed by atoms with Crippen LogP contribution in [0, 0.1) is 11.6 Å². The van der Waals surface area contributed by atoms with Gasteiger partial charge >= 0.3 is 0 Å². The second-order valence-corrected chi connectivity index (χ2v) is 4.14. The van der Waals surface area contributed by atoms with Gasteiger partial charge in [-0.2, -0.15) is 0 Å². The Morgan fingerprint density at radius 2 is 2.00 bits per heavy atom. The summed E-state index contributed by atoms with van der Waals surface area (Å²) < 4.78 is 31.9. The topological polar surface area (TPSA) is 64.9 Å². The first-order chi connectivity index (χ1) is 9.66. The molecular weight excluding hydrogens is 264 g/mol. The zero-order chi connectivity index (χ0) is 14.1. The predicted octanol–water partition coefficient (Wildman–Crippen LogP) is 3.26. The van der Waals surface area contributed by atoms with Crippen LogP contribution in [-0.2, 0) is 0 Å². The van der Waals surface area contributed by atoms with Gasteiger partial charge in [-0.05, 0) is 18.2 Å². The number of nitrogens with zero attached hydrogens (tertiary/aromatic N) is 2. The Labute approximate surface area is 112 Å². The fourth-order valence-electron chi connectivity index (χ4n) is 1.95. The fraction of sp³-hybridized carbons (Fsp3) is 0. The Kier molecular flexibility index (Phi) is 2.90. The second-order valence-electron chi connectivity index (χ2n) is 4.14. The van der Waals surface area contributed by atoms with E-state index in [-0.39, 0.29) is 17.1 Å². The van der Waals surface area contributed by atoms with E-state index < -0.39 is 11.6 Å². The second kappa shape index (κ2) is 4.73. The summed E-state index contributed by atoms with van der Waals surface area (Å²) in [6.07, 6.45) is 3.17. The van der Waals surface area contributed by atoms with Crippen molar-refractivity contribution < 1.29 is 13.3 Å². The highest BCUT2D eigenvalue weighted by atomic mass is 19.1. The third-order valence-electron chi connectivity index (χ3n) is 2.84. The van der Waals surface area contributed by atoms with Gasteiger partial charge in [-0.25, -0.2) is 8.78 Å². The number of aromatic nitrogens is 2. The number of hydrogen-bond acceptors (Lipinski definition) is 4. The average molecular weight is 273 g/mol. The highest BCUT2D eigenvalue weighted by Gasteiger charge is 2.20. The molecule has 100 valence electrons. The number of rotatable bonds is 2. The van der Waals surface area contributed by atoms with E-state index in [9.17, 15) is 8.78 Å². The van der Waals surface area contributed by atoms with Crippen LogP contribution in [0.2, 0.25) is 0 Å². The maximum atomic E-state index is 13.9. The van der Waals surface area contributed by atoms with Gasteiger partial charge in [0.1, 0.15) is 11.6 Å². The van der Waals surface area contributed by atoms with Crippen molar-refractivity contribution in [2.75, 3.05) is 5.73 Å². The molecule has 6 heteroatoms. The smallest absolute Gasteiger partial charge is 0.179 e. The number of halogens is 2. The lowest BCUT2D eigenvalue weighted by atomic mass is 10.0. The first-order valence-electron chi connectivity index (χ1n) is 5.78. The van der Waals surface area contributed by atoms with Gasteiger partial charge in [0.25, 0.3) is 0 Å². The predicted molar refractivity (Wildman–Crippen MR) is 69.5 cm³/mol. The van der Waals surface area contributed by atoms with Gasteiger partial charge in [0.2, 0.25) is 0 Å². The molecule has 2 aromatic heterocycles. The van der Waals surface area contributed by atoms with Crippen LogP contribution in [0.25, 0.3) is 22.5 Å². The van der Waals surface area contributed by atoms with E-state index in [0.717, 1.165) is 12.1 Å². The molecule has 0 aliphatic rings. The maximum Gasteiger partial charge on any atom is 0.179 e. The zero-order valence-electron chi connectivity index (χ0n) is 10.2. The van der Waals surface area contributed by atoms with Crippen LogP contribution in [-0.4, -0.2) is 10.1 Å². The Morgan fingerprint density at radius 1 is 1.15 bits per heavy atom. The molecule has 2 heterocycles. The molecule has 2 N–H and O–H groups in total. The molecule has 0 fully saturated rings. The van der Waals surface area contributed by atoms with Crippen molar-refractivity contribution in [3.63, 3.8) is 0 Å². The van der Waals surface area contributed by atoms with Crippen LogP contribution in [0.15, 0.2) is 47.2 Å². The highest BCUT2D eigenvalue weighted by molar-refractivity contribution is 5.86. The highest BCUT2D eigenvalue weighted by Crippen LogP contribution is 2.37. The van der Waals surface area contributed by atoms with Crippen molar-refractivity contribution >= 4 is 5.82 Å². The van der Waals surface area contributed by atoms with Gasteiger partial charge in [0.15, 0.2) is 11.6 Å². The first kappa shape index (κ1) is 12.3. The molecule has 3 rings (SSSR count). The van der Waals surface area contributed by atoms with Crippen molar-refractivity contribution in [2.45, 2.75) is 0 Å². The van der Waals surface area contributed by atoms with Gasteiger partial charge in [-0.3, -0.25) is 4.98 Å². The number of anilines is 1. The molecule has 20 heavy (non-hydrogen) atoms. The molecule has 0 amide bonds. The minimum absolute atomic E-state index is 0.0921. The Bertz CT molecular complexity index is 756. The minimum Gasteiger partial charge on any atom is -0.380 e. The number of nitrogens with two attached hydrogens (primary N) is 1. The molecule has 4 nitrogen and oxygen atoms in total. The lowest BCUT2D eigenvalue weighted by Gasteiger charge is -2.03. The molecule has 1 aromatic carbocycles. The minimum atomic E-state index is -0.744. The molecule has 0 saturated heterocycles. The first-order valence-corrected chi connectivity index (χ1v) is 5.78. The van der Waals surface area contributed by atoms with E-state index in [2.05, 4.69) is 10.1 Å². The summed E-state index contributed by atoms with van der Waals surface area (Å²) in [7, 11) is 0. The molecule has 0 spiro atoms. The van der Waals surface area contributed by atoms with Gasteiger partial charge in [0, 0.05) is 24.0 Å². The summed E-state index contributed by atoms with van der Waals surface area (Å²) in [4.78, 5) is 3.97. The quantitative estimate of drug-likeness (QED) is 0.778. The number of benzene rings is 1. The molecule has 3 aromatic rings. The molecule has 0 aliphatic carbocycles. The van der Waals surface area contributed by atoms with E-state index in [0.29, 0.717) is 11.1 Å². The molecule has 0 bridgehead atoms. The maximum absolute atomic E-state index is 13.9. The zero-order valence-corrected chi connectivity index (χ0v) is 10.2. The van der Waals surface area contributed by atoms with Crippen LogP contribution < -0.4 is 5.73 Å². The molecule has 0 atom stereocenters. The third kappa shape index (κ3) is 2.01. The molecular formula is C14H9F2N3O. The largest absolute Gasteiger partial charge is 0.380 e. The molecule has 0 radical (unpaired) electrons. The standard InChI is InChI=1S/C14H9F2N3O/c15-9-3-4-10(11(16)6-9)13-12(14(17)19-20-13)8-2-1-5-18-7-8/h1-7H,(H2,17,19). The molecule has 0 unspecified atom stereocenters. The van der Waals surface area contributed by atoms with Crippen molar-refractivity contribution in [1.29, 1.82) is 0 Å². The van der Waals surface area contributed by atoms with Crippen molar-refractivity contribution in [2.24, 2.45) is 0 Å². The van der Waals surface area contributed by atoms with Crippen LogP contribution in [0.5, 0.6) is 0 Å². The summed E-state index contributed by atoms with van der Waals surface area (Å²) >= 11 is 0. The summed E-state index contributed by atoms with van der Waals surface area (Å²) in [6.45, 7) is 0. The van der Waals surface area contributed by atoms with Crippen molar-refractivity contribution in [1.82, 2.24) is 10.1 Å². The van der Waals surface area contributed by atoms with Gasteiger partial charge in [0.05, 0.1) is 11.1 Å². The Balaban J connectivity index is 2.21. The van der Waals surface area contributed by atoms with E-state index >= 15 is 0 Å². The van der Waals surface area contributed by atoms with E-state index in [4.69, 9.17) is 10.3 Å². The summed E-state index contributed by atoms with van der Waals surface area (Å²) in [5, 5.41) is 3.65. The van der Waals surface area contributed by atoms with Crippen LogP contribution in [0.1, 0.15) is 0 Å². The SMILES string of the molecule is Nc1noc(-c2ccc(F)cc2F)c1-c1cccnc1. The molecule has 0 aliphatic heterocycles. The lowest BCUT2D eigenvalue weighted by molar-refractivity contribution is 0.433. The van der Waals surface area contributed by atoms with E-state index in [1.807, 2.05) is 0 Å². The van der Waals surface area contributed by atoms with Crippen LogP contribution >= 0.6 is 0 Å².